The van der Waals surface area contributed by atoms with E-state index in [4.69, 9.17) is 14.5 Å². The summed E-state index contributed by atoms with van der Waals surface area (Å²) >= 11 is 0. The van der Waals surface area contributed by atoms with Crippen molar-refractivity contribution in [1.29, 1.82) is 0 Å². The molecule has 1 saturated carbocycles. The molecule has 7 nitrogen and oxygen atoms in total. The lowest BCUT2D eigenvalue weighted by Crippen LogP contribution is -2.52. The van der Waals surface area contributed by atoms with E-state index < -0.39 is 29.1 Å². The predicted molar refractivity (Wildman–Crippen MR) is 153 cm³/mol. The highest BCUT2D eigenvalue weighted by Gasteiger charge is 2.41. The smallest absolute Gasteiger partial charge is 0.408 e. The molecule has 0 radical (unpaired) electrons. The van der Waals surface area contributed by atoms with E-state index in [2.05, 4.69) is 17.4 Å². The third kappa shape index (κ3) is 5.12. The van der Waals surface area contributed by atoms with Gasteiger partial charge in [-0.15, -0.1) is 0 Å². The number of aromatic nitrogens is 1. The Kier molecular flexibility index (Phi) is 7.25. The lowest BCUT2D eigenvalue weighted by atomic mass is 9.71. The van der Waals surface area contributed by atoms with Gasteiger partial charge in [-0.2, -0.15) is 0 Å². The van der Waals surface area contributed by atoms with Crippen molar-refractivity contribution in [2.75, 3.05) is 7.11 Å². The topological polar surface area (TPSA) is 94.6 Å². The molecule has 2 aromatic carbocycles. The molecule has 0 saturated heterocycles. The number of carbonyl (C=O) groups excluding carboxylic acids is 3. The van der Waals surface area contributed by atoms with Crippen molar-refractivity contribution in [3.05, 3.63) is 77.0 Å². The highest BCUT2D eigenvalue weighted by Crippen LogP contribution is 2.43. The molecule has 7 heteroatoms. The Labute approximate surface area is 235 Å². The van der Waals surface area contributed by atoms with Gasteiger partial charge in [-0.3, -0.25) is 14.6 Å². The predicted octanol–water partition coefficient (Wildman–Crippen LogP) is 6.55. The number of rotatable bonds is 5. The van der Waals surface area contributed by atoms with Crippen molar-refractivity contribution in [3.8, 4) is 22.4 Å². The van der Waals surface area contributed by atoms with Crippen LogP contribution in [0.4, 0.5) is 4.79 Å². The van der Waals surface area contributed by atoms with Gasteiger partial charge in [-0.1, -0.05) is 54.6 Å². The van der Waals surface area contributed by atoms with E-state index in [0.29, 0.717) is 24.1 Å². The molecule has 1 aromatic heterocycles. The van der Waals surface area contributed by atoms with Crippen LogP contribution >= 0.6 is 0 Å². The zero-order chi connectivity index (χ0) is 28.7. The molecule has 3 aromatic rings. The van der Waals surface area contributed by atoms with Crippen molar-refractivity contribution in [3.63, 3.8) is 0 Å². The maximum Gasteiger partial charge on any atom is 0.408 e. The van der Waals surface area contributed by atoms with E-state index in [-0.39, 0.29) is 5.78 Å². The molecule has 0 spiro atoms. The number of esters is 1. The maximum atomic E-state index is 13.5. The monoisotopic (exact) mass is 540 g/mol. The normalized spacial score (nSPS) is 17.8. The maximum absolute atomic E-state index is 13.5. The first-order valence-electron chi connectivity index (χ1n) is 13.9. The van der Waals surface area contributed by atoms with Gasteiger partial charge in [-0.25, -0.2) is 4.79 Å². The largest absolute Gasteiger partial charge is 0.468 e. The van der Waals surface area contributed by atoms with E-state index >= 15 is 0 Å². The Bertz CT molecular complexity index is 1450. The summed E-state index contributed by atoms with van der Waals surface area (Å²) in [4.78, 5) is 43.4. The number of ketones is 1. The quantitative estimate of drug-likeness (QED) is 0.291. The molecular weight excluding hydrogens is 504 g/mol. The van der Waals surface area contributed by atoms with Crippen LogP contribution in [0.15, 0.2) is 54.6 Å². The van der Waals surface area contributed by atoms with Crippen LogP contribution in [-0.4, -0.2) is 35.5 Å². The molecule has 1 heterocycles. The molecule has 40 heavy (non-hydrogen) atoms. The van der Waals surface area contributed by atoms with Gasteiger partial charge < -0.3 is 14.8 Å². The highest BCUT2D eigenvalue weighted by molar-refractivity contribution is 6.12. The van der Waals surface area contributed by atoms with Crippen LogP contribution in [0.2, 0.25) is 0 Å². The molecule has 0 aliphatic heterocycles. The minimum Gasteiger partial charge on any atom is -0.468 e. The number of alkyl carbamates (subject to hydrolysis) is 1. The van der Waals surface area contributed by atoms with Crippen LogP contribution in [0.25, 0.3) is 22.4 Å². The Morgan fingerprint density at radius 2 is 1.65 bits per heavy atom. The molecule has 2 aliphatic carbocycles. The van der Waals surface area contributed by atoms with Gasteiger partial charge in [0.2, 0.25) is 0 Å². The lowest BCUT2D eigenvalue weighted by molar-refractivity contribution is -0.143. The summed E-state index contributed by atoms with van der Waals surface area (Å²) in [6.45, 7) is 7.51. The first kappa shape index (κ1) is 27.6. The van der Waals surface area contributed by atoms with Crippen LogP contribution in [0, 0.1) is 12.8 Å². The average molecular weight is 541 g/mol. The summed E-state index contributed by atoms with van der Waals surface area (Å²) in [5, 5.41) is 3.12. The number of carbonyl (C=O) groups is 3. The molecular formula is C33H36N2O5. The van der Waals surface area contributed by atoms with Gasteiger partial charge in [-0.05, 0) is 76.5 Å². The number of hydrogen-bond acceptors (Lipinski definition) is 6. The minimum absolute atomic E-state index is 0.225. The number of hydrogen-bond donors (Lipinski definition) is 1. The summed E-state index contributed by atoms with van der Waals surface area (Å²) in [7, 11) is 1.31. The van der Waals surface area contributed by atoms with Gasteiger partial charge >= 0.3 is 12.1 Å². The number of nitrogens with one attached hydrogen (secondary N) is 1. The van der Waals surface area contributed by atoms with E-state index in [1.807, 2.05) is 70.2 Å². The van der Waals surface area contributed by atoms with Crippen LogP contribution in [0.1, 0.15) is 73.6 Å². The lowest BCUT2D eigenvalue weighted by Gasteiger charge is -2.43. The van der Waals surface area contributed by atoms with Gasteiger partial charge in [0.1, 0.15) is 11.5 Å². The zero-order valence-corrected chi connectivity index (χ0v) is 23.8. The second-order valence-electron chi connectivity index (χ2n) is 11.8. The van der Waals surface area contributed by atoms with Crippen molar-refractivity contribution < 1.29 is 23.9 Å². The fourth-order valence-corrected chi connectivity index (χ4v) is 5.86. The average Bonchev–Trinajstić information content (AvgIpc) is 2.90. The number of Topliss-reactive ketones (excluding diaryl/α,β-unsaturated/α-hetero) is 1. The Morgan fingerprint density at radius 1 is 0.975 bits per heavy atom. The standard InChI is InChI=1S/C33H36N2O5/c1-20-26(21-10-7-6-8-11-21)28(34-25-17-16-24(30(37)39-5)29(36)27(20)25)22-12-14-23(15-13-22)33(18-9-19-33)35-31(38)40-32(2,3)4/h6-8,10-15,24H,9,16-19H2,1-5H3,(H,35,38). The molecule has 1 unspecified atom stereocenters. The number of fused-ring (bicyclic) bond motifs is 1. The number of aryl methyl sites for hydroxylation is 1. The number of ether oxygens (including phenoxy) is 2. The van der Waals surface area contributed by atoms with Crippen LogP contribution in [0.5, 0.6) is 0 Å². The van der Waals surface area contributed by atoms with Gasteiger partial charge in [0.05, 0.1) is 24.0 Å². The third-order valence-corrected chi connectivity index (χ3v) is 7.96. The summed E-state index contributed by atoms with van der Waals surface area (Å²) < 4.78 is 10.4. The highest BCUT2D eigenvalue weighted by atomic mass is 16.6. The van der Waals surface area contributed by atoms with Crippen LogP contribution < -0.4 is 5.32 Å². The summed E-state index contributed by atoms with van der Waals surface area (Å²) in [6.07, 6.45) is 3.21. The molecule has 1 atom stereocenters. The summed E-state index contributed by atoms with van der Waals surface area (Å²) in [6, 6.07) is 18.1. The van der Waals surface area contributed by atoms with E-state index in [1.54, 1.807) is 0 Å². The first-order valence-corrected chi connectivity index (χ1v) is 13.9. The molecule has 2 aliphatic rings. The Morgan fingerprint density at radius 3 is 2.23 bits per heavy atom. The van der Waals surface area contributed by atoms with Crippen molar-refractivity contribution >= 4 is 17.8 Å². The van der Waals surface area contributed by atoms with Crippen LogP contribution in [0.3, 0.4) is 0 Å². The number of nitrogens with zero attached hydrogens (tertiary/aromatic N) is 1. The van der Waals surface area contributed by atoms with Gasteiger partial charge in [0.15, 0.2) is 5.78 Å². The van der Waals surface area contributed by atoms with E-state index in [1.165, 1.54) is 7.11 Å². The van der Waals surface area contributed by atoms with Gasteiger partial charge in [0, 0.05) is 16.7 Å². The number of benzene rings is 2. The number of amides is 1. The second kappa shape index (κ2) is 10.5. The number of pyridine rings is 1. The van der Waals surface area contributed by atoms with E-state index in [0.717, 1.165) is 52.8 Å². The molecule has 1 amide bonds. The Balaban J connectivity index is 1.55. The number of methoxy groups -OCH3 is 1. The van der Waals surface area contributed by atoms with Gasteiger partial charge in [0.25, 0.3) is 0 Å². The third-order valence-electron chi connectivity index (χ3n) is 7.96. The molecule has 1 N–H and O–H groups in total. The minimum atomic E-state index is -0.803. The fourth-order valence-electron chi connectivity index (χ4n) is 5.86. The SMILES string of the molecule is COC(=O)C1CCc2nc(-c3ccc(C4(NC(=O)OC(C)(C)C)CCC4)cc3)c(-c3ccccc3)c(C)c2C1=O. The molecule has 208 valence electrons. The van der Waals surface area contributed by atoms with Crippen molar-refractivity contribution in [2.45, 2.75) is 70.9 Å². The van der Waals surface area contributed by atoms with Crippen LogP contribution in [-0.2, 0) is 26.2 Å². The molecule has 5 rings (SSSR count). The molecule has 0 bridgehead atoms. The fraction of sp³-hybridized carbons (Fsp3) is 0.394. The zero-order valence-electron chi connectivity index (χ0n) is 23.8. The van der Waals surface area contributed by atoms with Crippen molar-refractivity contribution in [1.82, 2.24) is 10.3 Å². The van der Waals surface area contributed by atoms with E-state index in [9.17, 15) is 14.4 Å². The Hall–Kier alpha value is -4.00. The summed E-state index contributed by atoms with van der Waals surface area (Å²) in [5.74, 6) is -1.53. The second-order valence-corrected chi connectivity index (χ2v) is 11.8. The first-order chi connectivity index (χ1) is 19.0. The molecule has 1 fully saturated rings. The van der Waals surface area contributed by atoms with Crippen molar-refractivity contribution in [2.24, 2.45) is 5.92 Å². The summed E-state index contributed by atoms with van der Waals surface area (Å²) in [5.41, 5.74) is 5.60.